The number of furan rings is 1. The number of anilines is 1. The fraction of sp³-hybridized carbons (Fsp3) is 0.167. The van der Waals surface area contributed by atoms with Crippen molar-refractivity contribution in [1.82, 2.24) is 5.43 Å². The summed E-state index contributed by atoms with van der Waals surface area (Å²) in [6.45, 7) is 1.84. The third kappa shape index (κ3) is 5.16. The molecule has 0 aliphatic heterocycles. The van der Waals surface area contributed by atoms with Crippen LogP contribution >= 0.6 is 0 Å². The predicted octanol–water partition coefficient (Wildman–Crippen LogP) is 5.99. The Kier molecular flexibility index (Phi) is 6.85. The maximum absolute atomic E-state index is 12.9. The lowest BCUT2D eigenvalue weighted by Gasteiger charge is -2.13. The zero-order chi connectivity index (χ0) is 25.8. The number of fused-ring (bicyclic) bond motifs is 1. The largest absolute Gasteiger partial charge is 0.497 e. The van der Waals surface area contributed by atoms with E-state index in [4.69, 9.17) is 9.15 Å². The molecule has 1 aromatic heterocycles. The minimum atomic E-state index is -0.334. The highest BCUT2D eigenvalue weighted by molar-refractivity contribution is 6.09. The minimum absolute atomic E-state index is 0.248. The quantitative estimate of drug-likeness (QED) is 0.323. The molecule has 0 saturated carbocycles. The molecular formula is C30H27N3O4. The first-order valence-corrected chi connectivity index (χ1v) is 12.1. The first-order chi connectivity index (χ1) is 18.0. The number of aryl methyl sites for hydroxylation is 1. The molecule has 0 spiro atoms. The van der Waals surface area contributed by atoms with Crippen LogP contribution in [0.15, 0.2) is 88.4 Å². The zero-order valence-corrected chi connectivity index (χ0v) is 20.7. The van der Waals surface area contributed by atoms with Crippen LogP contribution in [0.3, 0.4) is 0 Å². The number of hydrogen-bond donors (Lipinski definition) is 2. The number of carbonyl (C=O) groups excluding carboxylic acids is 2. The van der Waals surface area contributed by atoms with E-state index in [0.717, 1.165) is 23.1 Å². The Labute approximate surface area is 215 Å². The van der Waals surface area contributed by atoms with Gasteiger partial charge in [0.25, 0.3) is 11.8 Å². The van der Waals surface area contributed by atoms with Crippen molar-refractivity contribution < 1.29 is 18.7 Å². The van der Waals surface area contributed by atoms with Crippen molar-refractivity contribution in [2.45, 2.75) is 26.2 Å². The molecule has 0 saturated heterocycles. The number of hydrogen-bond acceptors (Lipinski definition) is 5. The first-order valence-electron chi connectivity index (χ1n) is 12.1. The number of rotatable bonds is 6. The van der Waals surface area contributed by atoms with Crippen LogP contribution in [-0.4, -0.2) is 24.6 Å². The van der Waals surface area contributed by atoms with Crippen molar-refractivity contribution >= 4 is 23.2 Å². The van der Waals surface area contributed by atoms with Gasteiger partial charge in [0.15, 0.2) is 5.76 Å². The summed E-state index contributed by atoms with van der Waals surface area (Å²) in [5, 5.41) is 7.29. The first kappa shape index (κ1) is 24.1. The maximum atomic E-state index is 12.9. The van der Waals surface area contributed by atoms with Crippen molar-refractivity contribution in [1.29, 1.82) is 0 Å². The van der Waals surface area contributed by atoms with Gasteiger partial charge < -0.3 is 14.5 Å². The molecule has 0 radical (unpaired) electrons. The van der Waals surface area contributed by atoms with Crippen molar-refractivity contribution in [3.05, 3.63) is 107 Å². The van der Waals surface area contributed by atoms with Gasteiger partial charge in [0, 0.05) is 28.8 Å². The summed E-state index contributed by atoms with van der Waals surface area (Å²) in [5.74, 6) is 1.04. The van der Waals surface area contributed by atoms with E-state index in [0.29, 0.717) is 46.9 Å². The average molecular weight is 494 g/mol. The van der Waals surface area contributed by atoms with Gasteiger partial charge in [-0.1, -0.05) is 42.5 Å². The van der Waals surface area contributed by atoms with Crippen LogP contribution in [0.1, 0.15) is 50.6 Å². The summed E-state index contributed by atoms with van der Waals surface area (Å²) in [7, 11) is 1.59. The van der Waals surface area contributed by atoms with Gasteiger partial charge >= 0.3 is 0 Å². The summed E-state index contributed by atoms with van der Waals surface area (Å²) in [6.07, 6.45) is 2.21. The third-order valence-corrected chi connectivity index (χ3v) is 6.43. The highest BCUT2D eigenvalue weighted by atomic mass is 16.5. The predicted molar refractivity (Wildman–Crippen MR) is 143 cm³/mol. The van der Waals surface area contributed by atoms with Crippen LogP contribution in [0.25, 0.3) is 11.1 Å². The molecule has 0 unspecified atom stereocenters. The molecule has 7 nitrogen and oxygen atoms in total. The zero-order valence-electron chi connectivity index (χ0n) is 20.7. The fourth-order valence-corrected chi connectivity index (χ4v) is 4.49. The van der Waals surface area contributed by atoms with Gasteiger partial charge in [-0.2, -0.15) is 5.10 Å². The lowest BCUT2D eigenvalue weighted by molar-refractivity contribution is 0.0953. The van der Waals surface area contributed by atoms with E-state index in [9.17, 15) is 9.59 Å². The molecule has 1 aliphatic carbocycles. The number of carbonyl (C=O) groups is 2. The van der Waals surface area contributed by atoms with Crippen molar-refractivity contribution in [3.8, 4) is 16.9 Å². The van der Waals surface area contributed by atoms with E-state index in [2.05, 4.69) is 15.8 Å². The molecule has 37 heavy (non-hydrogen) atoms. The lowest BCUT2D eigenvalue weighted by atomic mass is 9.93. The molecule has 5 rings (SSSR count). The Morgan fingerprint density at radius 1 is 0.865 bits per heavy atom. The molecule has 2 N–H and O–H groups in total. The Hall–Kier alpha value is -4.65. The molecule has 4 aromatic rings. The molecule has 2 amide bonds. The number of nitrogens with one attached hydrogen (secondary N) is 2. The van der Waals surface area contributed by atoms with E-state index in [1.54, 1.807) is 43.5 Å². The van der Waals surface area contributed by atoms with E-state index < -0.39 is 0 Å². The molecule has 0 fully saturated rings. The van der Waals surface area contributed by atoms with Crippen LogP contribution in [0, 0.1) is 6.92 Å². The van der Waals surface area contributed by atoms with Crippen LogP contribution in [0.4, 0.5) is 5.69 Å². The molecule has 1 heterocycles. The highest BCUT2D eigenvalue weighted by Crippen LogP contribution is 2.30. The van der Waals surface area contributed by atoms with E-state index in [1.807, 2.05) is 49.4 Å². The number of hydrazone groups is 1. The highest BCUT2D eigenvalue weighted by Gasteiger charge is 2.28. The van der Waals surface area contributed by atoms with Crippen LogP contribution in [-0.2, 0) is 6.42 Å². The van der Waals surface area contributed by atoms with Crippen molar-refractivity contribution in [2.75, 3.05) is 12.4 Å². The molecule has 7 heteroatoms. The number of benzene rings is 3. The van der Waals surface area contributed by atoms with Crippen LogP contribution in [0.2, 0.25) is 0 Å². The summed E-state index contributed by atoms with van der Waals surface area (Å²) in [4.78, 5) is 25.7. The smallest absolute Gasteiger partial charge is 0.291 e. The summed E-state index contributed by atoms with van der Waals surface area (Å²) in [5.41, 5.74) is 8.18. The number of nitrogens with zero attached hydrogens (tertiary/aromatic N) is 1. The number of ether oxygens (including phenoxy) is 1. The lowest BCUT2D eigenvalue weighted by Crippen LogP contribution is -2.22. The van der Waals surface area contributed by atoms with Gasteiger partial charge in [0.05, 0.1) is 12.8 Å². The van der Waals surface area contributed by atoms with Gasteiger partial charge in [-0.25, -0.2) is 5.43 Å². The third-order valence-electron chi connectivity index (χ3n) is 6.43. The van der Waals surface area contributed by atoms with E-state index >= 15 is 0 Å². The molecule has 3 aromatic carbocycles. The maximum Gasteiger partial charge on any atom is 0.291 e. The Morgan fingerprint density at radius 2 is 1.57 bits per heavy atom. The SMILES string of the molecule is COc1ccc(NC(=O)c2oc3c(c2C)/C(=N/NC(=O)c2ccc(-c4ccccc4)cc2)CCC3)cc1. The Morgan fingerprint density at radius 3 is 2.27 bits per heavy atom. The van der Waals surface area contributed by atoms with Gasteiger partial charge in [-0.3, -0.25) is 9.59 Å². The summed E-state index contributed by atoms with van der Waals surface area (Å²) >= 11 is 0. The van der Waals surface area contributed by atoms with Gasteiger partial charge in [-0.05, 0) is 67.3 Å². The van der Waals surface area contributed by atoms with Gasteiger partial charge in [0.2, 0.25) is 0 Å². The topological polar surface area (TPSA) is 92.9 Å². The van der Waals surface area contributed by atoms with Crippen molar-refractivity contribution in [3.63, 3.8) is 0 Å². The molecule has 0 atom stereocenters. The summed E-state index contributed by atoms with van der Waals surface area (Å²) < 4.78 is 11.1. The molecule has 0 bridgehead atoms. The van der Waals surface area contributed by atoms with Crippen LogP contribution in [0.5, 0.6) is 5.75 Å². The minimum Gasteiger partial charge on any atom is -0.497 e. The van der Waals surface area contributed by atoms with E-state index in [1.165, 1.54) is 0 Å². The molecule has 1 aliphatic rings. The second-order valence-corrected chi connectivity index (χ2v) is 8.83. The fourth-order valence-electron chi connectivity index (χ4n) is 4.49. The average Bonchev–Trinajstić information content (AvgIpc) is 3.29. The monoisotopic (exact) mass is 493 g/mol. The Bertz CT molecular complexity index is 1450. The van der Waals surface area contributed by atoms with Crippen molar-refractivity contribution in [2.24, 2.45) is 5.10 Å². The Balaban J connectivity index is 1.31. The number of amides is 2. The standard InChI is InChI=1S/C30H27N3O4/c1-19-27-25(32-33-29(34)22-13-11-21(12-14-22)20-7-4-3-5-8-20)9-6-10-26(27)37-28(19)30(35)31-23-15-17-24(36-2)18-16-23/h3-5,7-8,11-18H,6,9-10H2,1-2H3,(H,31,35)(H,33,34)/b32-25+. The van der Waals surface area contributed by atoms with Crippen LogP contribution < -0.4 is 15.5 Å². The normalized spacial score (nSPS) is 13.6. The van der Waals surface area contributed by atoms with E-state index in [-0.39, 0.29) is 17.6 Å². The second-order valence-electron chi connectivity index (χ2n) is 8.83. The van der Waals surface area contributed by atoms with Gasteiger partial charge in [0.1, 0.15) is 11.5 Å². The number of methoxy groups -OCH3 is 1. The molecule has 186 valence electrons. The second kappa shape index (κ2) is 10.5. The van der Waals surface area contributed by atoms with Gasteiger partial charge in [-0.15, -0.1) is 0 Å². The molecular weight excluding hydrogens is 466 g/mol. The summed E-state index contributed by atoms with van der Waals surface area (Å²) in [6, 6.07) is 24.5.